The zero-order chi connectivity index (χ0) is 32.1. The van der Waals surface area contributed by atoms with Crippen molar-refractivity contribution >= 4 is 23.4 Å². The van der Waals surface area contributed by atoms with Crippen LogP contribution < -0.4 is 24.4 Å². The number of fused-ring (bicyclic) bond motifs is 1. The number of hydrogen-bond donors (Lipinski definition) is 0. The number of aryl methyl sites for hydroxylation is 1. The lowest BCUT2D eigenvalue weighted by Crippen LogP contribution is -2.39. The average molecular weight is 627 g/mol. The summed E-state index contributed by atoms with van der Waals surface area (Å²) in [6.07, 6.45) is 4.04. The van der Waals surface area contributed by atoms with E-state index in [1.54, 1.807) is 42.7 Å². The number of ether oxygens (including phenoxy) is 3. The Morgan fingerprint density at radius 2 is 1.84 bits per heavy atom. The first kappa shape index (κ1) is 31.7. The number of thiazole rings is 1. The summed E-state index contributed by atoms with van der Waals surface area (Å²) < 4.78 is 33.3. The summed E-state index contributed by atoms with van der Waals surface area (Å²) in [5.41, 5.74) is 4.66. The Labute approximate surface area is 265 Å². The van der Waals surface area contributed by atoms with Gasteiger partial charge in [-0.1, -0.05) is 59.4 Å². The number of esters is 1. The Balaban J connectivity index is 1.62. The molecule has 0 unspecified atom stereocenters. The first-order chi connectivity index (χ1) is 21.7. The molecule has 1 aliphatic rings. The van der Waals surface area contributed by atoms with E-state index in [0.717, 1.165) is 22.3 Å². The minimum Gasteiger partial charge on any atom is -0.490 e. The zero-order valence-corrected chi connectivity index (χ0v) is 26.6. The SMILES string of the molecule is C=CCc1cc(/C=c2/sc3n(c2=O)[C@@H](c2ccc(C)cc2)C(C(=O)OCC)=C(C)N=3)cc(OCC)c1OCc1cccc(F)c1. The van der Waals surface area contributed by atoms with Gasteiger partial charge >= 0.3 is 5.97 Å². The van der Waals surface area contributed by atoms with Crippen LogP contribution in [0.3, 0.4) is 0 Å². The van der Waals surface area contributed by atoms with Crippen molar-refractivity contribution in [1.82, 2.24) is 4.57 Å². The van der Waals surface area contributed by atoms with E-state index in [1.807, 2.05) is 50.2 Å². The maximum absolute atomic E-state index is 14.1. The number of halogens is 1. The van der Waals surface area contributed by atoms with Crippen LogP contribution in [0.25, 0.3) is 6.08 Å². The van der Waals surface area contributed by atoms with Crippen molar-refractivity contribution in [2.45, 2.75) is 46.8 Å². The third-order valence-electron chi connectivity index (χ3n) is 7.30. The molecule has 5 rings (SSSR count). The van der Waals surface area contributed by atoms with Crippen molar-refractivity contribution in [1.29, 1.82) is 0 Å². The zero-order valence-electron chi connectivity index (χ0n) is 25.8. The van der Waals surface area contributed by atoms with E-state index in [4.69, 9.17) is 14.2 Å². The van der Waals surface area contributed by atoms with Crippen molar-refractivity contribution in [3.8, 4) is 11.5 Å². The Kier molecular flexibility index (Phi) is 9.78. The molecular weight excluding hydrogens is 591 g/mol. The number of rotatable bonds is 11. The van der Waals surface area contributed by atoms with E-state index < -0.39 is 12.0 Å². The van der Waals surface area contributed by atoms with Crippen molar-refractivity contribution < 1.29 is 23.4 Å². The number of aromatic nitrogens is 1. The normalized spacial score (nSPS) is 14.5. The molecule has 0 amide bonds. The molecule has 1 atom stereocenters. The number of nitrogens with zero attached hydrogens (tertiary/aromatic N) is 2. The predicted molar refractivity (Wildman–Crippen MR) is 174 cm³/mol. The summed E-state index contributed by atoms with van der Waals surface area (Å²) >= 11 is 1.25. The number of benzene rings is 3. The number of allylic oxidation sites excluding steroid dienone is 2. The molecule has 1 aliphatic heterocycles. The molecule has 0 aliphatic carbocycles. The molecule has 45 heavy (non-hydrogen) atoms. The predicted octanol–water partition coefficient (Wildman–Crippen LogP) is 5.95. The molecule has 0 radical (unpaired) electrons. The Hall–Kier alpha value is -4.76. The Bertz CT molecular complexity index is 1960. The lowest BCUT2D eigenvalue weighted by Gasteiger charge is -2.24. The van der Waals surface area contributed by atoms with Gasteiger partial charge in [-0.05, 0) is 81.1 Å². The van der Waals surface area contributed by atoms with Gasteiger partial charge in [-0.2, -0.15) is 0 Å². The molecule has 7 nitrogen and oxygen atoms in total. The fraction of sp³-hybridized carbons (Fsp3) is 0.250. The van der Waals surface area contributed by atoms with Crippen molar-refractivity contribution in [2.75, 3.05) is 13.2 Å². The smallest absolute Gasteiger partial charge is 0.338 e. The van der Waals surface area contributed by atoms with E-state index in [1.165, 1.54) is 23.5 Å². The molecule has 1 aromatic heterocycles. The van der Waals surface area contributed by atoms with Crippen molar-refractivity contribution in [2.24, 2.45) is 4.99 Å². The van der Waals surface area contributed by atoms with Crippen LogP contribution in [0.1, 0.15) is 54.6 Å². The Morgan fingerprint density at radius 3 is 2.53 bits per heavy atom. The molecule has 0 spiro atoms. The van der Waals surface area contributed by atoms with Gasteiger partial charge in [-0.15, -0.1) is 6.58 Å². The molecule has 3 aromatic carbocycles. The van der Waals surface area contributed by atoms with Crippen LogP contribution in [-0.4, -0.2) is 23.8 Å². The fourth-order valence-electron chi connectivity index (χ4n) is 5.29. The highest BCUT2D eigenvalue weighted by molar-refractivity contribution is 7.07. The minimum absolute atomic E-state index is 0.154. The van der Waals surface area contributed by atoms with Crippen molar-refractivity contribution in [3.63, 3.8) is 0 Å². The first-order valence-corrected chi connectivity index (χ1v) is 15.6. The van der Waals surface area contributed by atoms with Crippen LogP contribution in [0.15, 0.2) is 94.4 Å². The minimum atomic E-state index is -0.683. The first-order valence-electron chi connectivity index (χ1n) is 14.8. The molecule has 9 heteroatoms. The molecule has 0 saturated heterocycles. The highest BCUT2D eigenvalue weighted by Gasteiger charge is 2.33. The largest absolute Gasteiger partial charge is 0.490 e. The standard InChI is InChI=1S/C36H35FN2O5S/c1-6-10-27-17-25(19-29(42-7-2)33(27)44-21-24-11-9-12-28(37)18-24)20-30-34(40)39-32(26-15-13-22(4)14-16-26)31(35(41)43-8-3)23(5)38-36(39)45-30/h6,9,11-20,32H,1,7-8,10,21H2,2-5H3/b30-20+/t32-/m0/s1. The molecule has 4 aromatic rings. The summed E-state index contributed by atoms with van der Waals surface area (Å²) in [5, 5.41) is 0. The van der Waals surface area contributed by atoms with E-state index in [-0.39, 0.29) is 24.6 Å². The van der Waals surface area contributed by atoms with Gasteiger partial charge in [0.05, 0.1) is 35.1 Å². The second kappa shape index (κ2) is 13.9. The number of carbonyl (C=O) groups excluding carboxylic acids is 1. The third-order valence-corrected chi connectivity index (χ3v) is 8.28. The van der Waals surface area contributed by atoms with Gasteiger partial charge in [0.25, 0.3) is 5.56 Å². The van der Waals surface area contributed by atoms with Crippen LogP contribution in [0.5, 0.6) is 11.5 Å². The molecule has 232 valence electrons. The van der Waals surface area contributed by atoms with Crippen LogP contribution in [-0.2, 0) is 22.6 Å². The van der Waals surface area contributed by atoms with E-state index in [0.29, 0.717) is 50.7 Å². The molecule has 0 fully saturated rings. The lowest BCUT2D eigenvalue weighted by atomic mass is 9.95. The van der Waals surface area contributed by atoms with Gasteiger partial charge in [-0.3, -0.25) is 9.36 Å². The van der Waals surface area contributed by atoms with E-state index in [2.05, 4.69) is 11.6 Å². The molecule has 0 bridgehead atoms. The fourth-order valence-corrected chi connectivity index (χ4v) is 6.34. The Morgan fingerprint density at radius 1 is 1.07 bits per heavy atom. The van der Waals surface area contributed by atoms with Crippen LogP contribution in [0, 0.1) is 12.7 Å². The summed E-state index contributed by atoms with van der Waals surface area (Å²) in [7, 11) is 0. The summed E-state index contributed by atoms with van der Waals surface area (Å²) in [4.78, 5) is 32.4. The van der Waals surface area contributed by atoms with Crippen molar-refractivity contribution in [3.05, 3.63) is 138 Å². The summed E-state index contributed by atoms with van der Waals surface area (Å²) in [6, 6.07) is 17.1. The van der Waals surface area contributed by atoms with E-state index >= 15 is 0 Å². The van der Waals surface area contributed by atoms with Gasteiger partial charge in [0.15, 0.2) is 16.3 Å². The second-order valence-corrected chi connectivity index (χ2v) is 11.6. The highest BCUT2D eigenvalue weighted by Crippen LogP contribution is 2.35. The number of hydrogen-bond acceptors (Lipinski definition) is 7. The molecule has 0 N–H and O–H groups in total. The maximum atomic E-state index is 14.1. The van der Waals surface area contributed by atoms with Gasteiger partial charge in [-0.25, -0.2) is 14.2 Å². The van der Waals surface area contributed by atoms with Crippen LogP contribution >= 0.6 is 11.3 Å². The van der Waals surface area contributed by atoms with E-state index in [9.17, 15) is 14.0 Å². The van der Waals surface area contributed by atoms with Gasteiger partial charge in [0, 0.05) is 5.56 Å². The molecular formula is C36H35FN2O5S. The van der Waals surface area contributed by atoms with Gasteiger partial charge in [0.1, 0.15) is 12.4 Å². The summed E-state index contributed by atoms with van der Waals surface area (Å²) in [5.74, 6) is 0.209. The maximum Gasteiger partial charge on any atom is 0.338 e. The van der Waals surface area contributed by atoms with Gasteiger partial charge in [0.2, 0.25) is 0 Å². The number of carbonyl (C=O) groups is 1. The highest BCUT2D eigenvalue weighted by atomic mass is 32.1. The third kappa shape index (κ3) is 6.83. The average Bonchev–Trinajstić information content (AvgIpc) is 3.30. The quantitative estimate of drug-likeness (QED) is 0.152. The molecule has 2 heterocycles. The topological polar surface area (TPSA) is 79.1 Å². The molecule has 0 saturated carbocycles. The lowest BCUT2D eigenvalue weighted by molar-refractivity contribution is -0.139. The monoisotopic (exact) mass is 626 g/mol. The summed E-state index contributed by atoms with van der Waals surface area (Å²) in [6.45, 7) is 12.0. The van der Waals surface area contributed by atoms with Gasteiger partial charge < -0.3 is 14.2 Å². The van der Waals surface area contributed by atoms with Crippen LogP contribution in [0.2, 0.25) is 0 Å². The van der Waals surface area contributed by atoms with Crippen LogP contribution in [0.4, 0.5) is 4.39 Å². The second-order valence-electron chi connectivity index (χ2n) is 10.6.